The maximum Gasteiger partial charge on any atom is 0.317 e. The maximum atomic E-state index is 10.4. The van der Waals surface area contributed by atoms with Crippen LogP contribution in [0.2, 0.25) is 0 Å². The minimum absolute atomic E-state index is 0. The molecule has 0 radical (unpaired) electrons. The molecule has 0 aromatic carbocycles. The Morgan fingerprint density at radius 2 is 1.92 bits per heavy atom. The van der Waals surface area contributed by atoms with Crippen LogP contribution in [0, 0.1) is 0 Å². The molecule has 2 amide bonds. The SMILES string of the molecule is C1CCNCC1.CN1CCNC1=O.[HH]. The van der Waals surface area contributed by atoms with Gasteiger partial charge < -0.3 is 15.5 Å². The molecule has 0 saturated carbocycles. The third kappa shape index (κ3) is 4.12. The number of amides is 2. The molecule has 2 heterocycles. The molecule has 2 N–H and O–H groups in total. The first-order valence-corrected chi connectivity index (χ1v) is 5.00. The van der Waals surface area contributed by atoms with Crippen LogP contribution in [0.5, 0.6) is 0 Å². The zero-order valence-corrected chi connectivity index (χ0v) is 8.31. The molecule has 0 aromatic rings. The van der Waals surface area contributed by atoms with Gasteiger partial charge in [-0.05, 0) is 25.9 Å². The number of hydrogen-bond donors (Lipinski definition) is 2. The fourth-order valence-corrected chi connectivity index (χ4v) is 1.37. The lowest BCUT2D eigenvalue weighted by molar-refractivity contribution is 0.226. The highest BCUT2D eigenvalue weighted by atomic mass is 16.2. The van der Waals surface area contributed by atoms with Crippen LogP contribution in [0.15, 0.2) is 0 Å². The summed E-state index contributed by atoms with van der Waals surface area (Å²) in [6.45, 7) is 4.15. The van der Waals surface area contributed by atoms with Crippen molar-refractivity contribution in [2.24, 2.45) is 0 Å². The first kappa shape index (κ1) is 10.3. The molecule has 2 aliphatic heterocycles. The minimum Gasteiger partial charge on any atom is -0.336 e. The summed E-state index contributed by atoms with van der Waals surface area (Å²) in [4.78, 5) is 12.0. The van der Waals surface area contributed by atoms with Gasteiger partial charge in [0.05, 0.1) is 0 Å². The summed E-state index contributed by atoms with van der Waals surface area (Å²) in [7, 11) is 1.78. The third-order valence-corrected chi connectivity index (χ3v) is 2.28. The molecule has 2 rings (SSSR count). The van der Waals surface area contributed by atoms with Crippen molar-refractivity contribution in [2.45, 2.75) is 19.3 Å². The number of nitrogens with zero attached hydrogens (tertiary/aromatic N) is 1. The van der Waals surface area contributed by atoms with Gasteiger partial charge in [0.2, 0.25) is 0 Å². The number of urea groups is 1. The first-order valence-electron chi connectivity index (χ1n) is 5.00. The van der Waals surface area contributed by atoms with E-state index in [2.05, 4.69) is 10.6 Å². The normalized spacial score (nSPS) is 21.9. The number of likely N-dealkylation sites (N-methyl/N-ethyl adjacent to an activating group) is 1. The molecule has 13 heavy (non-hydrogen) atoms. The van der Waals surface area contributed by atoms with Crippen molar-refractivity contribution in [3.63, 3.8) is 0 Å². The Kier molecular flexibility index (Phi) is 4.60. The lowest BCUT2D eigenvalue weighted by atomic mass is 10.2. The largest absolute Gasteiger partial charge is 0.336 e. The topological polar surface area (TPSA) is 44.4 Å². The Morgan fingerprint density at radius 3 is 2.08 bits per heavy atom. The summed E-state index contributed by atoms with van der Waals surface area (Å²) >= 11 is 0. The van der Waals surface area contributed by atoms with Crippen LogP contribution in [0.25, 0.3) is 0 Å². The second kappa shape index (κ2) is 5.80. The fraction of sp³-hybridized carbons (Fsp3) is 0.889. The molecule has 4 heteroatoms. The molecule has 0 atom stereocenters. The van der Waals surface area contributed by atoms with E-state index in [1.807, 2.05) is 0 Å². The van der Waals surface area contributed by atoms with Gasteiger partial charge in [0.25, 0.3) is 0 Å². The average Bonchev–Trinajstić information content (AvgIpc) is 2.55. The Hall–Kier alpha value is -0.770. The van der Waals surface area contributed by atoms with E-state index in [-0.39, 0.29) is 7.46 Å². The van der Waals surface area contributed by atoms with Crippen molar-refractivity contribution in [1.82, 2.24) is 15.5 Å². The third-order valence-electron chi connectivity index (χ3n) is 2.28. The van der Waals surface area contributed by atoms with Crippen molar-refractivity contribution in [2.75, 3.05) is 33.2 Å². The lowest BCUT2D eigenvalue weighted by Gasteiger charge is -2.08. The molecule has 0 spiro atoms. The summed E-state index contributed by atoms with van der Waals surface area (Å²) < 4.78 is 0. The fourth-order valence-electron chi connectivity index (χ4n) is 1.37. The van der Waals surface area contributed by atoms with Crippen LogP contribution in [0.3, 0.4) is 0 Å². The molecular formula is C9H21N3O. The summed E-state index contributed by atoms with van der Waals surface area (Å²) in [5.74, 6) is 0. The van der Waals surface area contributed by atoms with Gasteiger partial charge in [-0.3, -0.25) is 0 Å². The number of carbonyl (C=O) groups is 1. The highest BCUT2D eigenvalue weighted by Gasteiger charge is 2.12. The average molecular weight is 187 g/mol. The van der Waals surface area contributed by atoms with Crippen molar-refractivity contribution in [1.29, 1.82) is 0 Å². The van der Waals surface area contributed by atoms with Crippen molar-refractivity contribution in [3.05, 3.63) is 0 Å². The zero-order valence-electron chi connectivity index (χ0n) is 8.31. The van der Waals surface area contributed by atoms with Gasteiger partial charge >= 0.3 is 6.03 Å². The van der Waals surface area contributed by atoms with E-state index in [0.717, 1.165) is 13.1 Å². The first-order chi connectivity index (χ1) is 6.30. The highest BCUT2D eigenvalue weighted by molar-refractivity contribution is 5.75. The van der Waals surface area contributed by atoms with Crippen LogP contribution in [-0.4, -0.2) is 44.2 Å². The Labute approximate surface area is 81.2 Å². The standard InChI is InChI=1S/C5H11N.C4H8N2O.H2/c1-2-4-6-5-3-1;1-6-3-2-5-4(6)7;/h6H,1-5H2;2-3H2,1H3,(H,5,7);1H. The number of rotatable bonds is 0. The molecule has 0 unspecified atom stereocenters. The molecule has 0 aromatic heterocycles. The molecule has 2 saturated heterocycles. The van der Waals surface area contributed by atoms with Crippen LogP contribution in [0.1, 0.15) is 20.7 Å². The van der Waals surface area contributed by atoms with Gasteiger partial charge in [0.1, 0.15) is 0 Å². The predicted molar refractivity (Wildman–Crippen MR) is 54.9 cm³/mol. The molecule has 0 aliphatic carbocycles. The summed E-state index contributed by atoms with van der Waals surface area (Å²) in [5, 5.41) is 5.94. The molecule has 4 nitrogen and oxygen atoms in total. The molecule has 2 aliphatic rings. The van der Waals surface area contributed by atoms with Gasteiger partial charge in [-0.1, -0.05) is 6.42 Å². The number of carbonyl (C=O) groups excluding carboxylic acids is 1. The highest BCUT2D eigenvalue weighted by Crippen LogP contribution is 1.96. The van der Waals surface area contributed by atoms with Crippen molar-refractivity contribution >= 4 is 6.03 Å². The summed E-state index contributed by atoms with van der Waals surface area (Å²) in [6.07, 6.45) is 4.22. The monoisotopic (exact) mass is 187 g/mol. The Morgan fingerprint density at radius 1 is 1.23 bits per heavy atom. The van der Waals surface area contributed by atoms with E-state index in [9.17, 15) is 4.79 Å². The number of nitrogens with one attached hydrogen (secondary N) is 2. The van der Waals surface area contributed by atoms with Gasteiger partial charge in [-0.2, -0.15) is 0 Å². The van der Waals surface area contributed by atoms with Crippen molar-refractivity contribution < 1.29 is 6.22 Å². The maximum absolute atomic E-state index is 10.4. The van der Waals surface area contributed by atoms with Gasteiger partial charge in [-0.25, -0.2) is 4.79 Å². The van der Waals surface area contributed by atoms with E-state index in [1.54, 1.807) is 11.9 Å². The second-order valence-electron chi connectivity index (χ2n) is 3.46. The summed E-state index contributed by atoms with van der Waals surface area (Å²) in [6, 6.07) is 0.0417. The van der Waals surface area contributed by atoms with Gasteiger partial charge in [0, 0.05) is 21.6 Å². The smallest absolute Gasteiger partial charge is 0.317 e. The molecular weight excluding hydrogens is 166 g/mol. The van der Waals surface area contributed by atoms with E-state index in [1.165, 1.54) is 32.4 Å². The summed E-state index contributed by atoms with van der Waals surface area (Å²) in [5.41, 5.74) is 0. The lowest BCUT2D eigenvalue weighted by Crippen LogP contribution is -2.23. The molecule has 78 valence electrons. The Bertz CT molecular complexity index is 151. The second-order valence-corrected chi connectivity index (χ2v) is 3.46. The molecule has 2 fully saturated rings. The van der Waals surface area contributed by atoms with Crippen molar-refractivity contribution in [3.8, 4) is 0 Å². The minimum atomic E-state index is 0. The van der Waals surface area contributed by atoms with Crippen LogP contribution < -0.4 is 10.6 Å². The van der Waals surface area contributed by atoms with Crippen LogP contribution in [-0.2, 0) is 0 Å². The Balaban J connectivity index is 0.000000227. The molecule has 0 bridgehead atoms. The number of piperidine rings is 1. The zero-order chi connectivity index (χ0) is 9.52. The van der Waals surface area contributed by atoms with Crippen LogP contribution >= 0.6 is 0 Å². The van der Waals surface area contributed by atoms with E-state index >= 15 is 0 Å². The van der Waals surface area contributed by atoms with E-state index < -0.39 is 0 Å². The van der Waals surface area contributed by atoms with Gasteiger partial charge in [0.15, 0.2) is 0 Å². The van der Waals surface area contributed by atoms with Gasteiger partial charge in [-0.15, -0.1) is 0 Å². The van der Waals surface area contributed by atoms with Crippen LogP contribution in [0.4, 0.5) is 4.79 Å². The predicted octanol–water partition coefficient (Wildman–Crippen LogP) is 0.647. The van der Waals surface area contributed by atoms with E-state index in [0.29, 0.717) is 0 Å². The number of hydrogen-bond acceptors (Lipinski definition) is 2. The quantitative estimate of drug-likeness (QED) is 0.585. The van der Waals surface area contributed by atoms with E-state index in [4.69, 9.17) is 0 Å².